The third-order valence-corrected chi connectivity index (χ3v) is 6.97. The number of halogens is 1. The first-order valence-corrected chi connectivity index (χ1v) is 11.3. The molecule has 27 heavy (non-hydrogen) atoms. The van der Waals surface area contributed by atoms with Gasteiger partial charge in [-0.05, 0) is 31.4 Å². The smallest absolute Gasteiger partial charge is 0.279 e. The van der Waals surface area contributed by atoms with Crippen LogP contribution in [0.15, 0.2) is 24.3 Å². The highest BCUT2D eigenvalue weighted by atomic mass is 35.5. The maximum atomic E-state index is 12.8. The zero-order chi connectivity index (χ0) is 19.6. The van der Waals surface area contributed by atoms with E-state index in [1.807, 2.05) is 0 Å². The lowest BCUT2D eigenvalue weighted by molar-refractivity contribution is -0.862. The van der Waals surface area contributed by atoms with E-state index in [1.54, 1.807) is 36.2 Å². The van der Waals surface area contributed by atoms with E-state index in [0.717, 1.165) is 17.7 Å². The second kappa shape index (κ2) is 8.16. The highest BCUT2D eigenvalue weighted by Crippen LogP contribution is 2.32. The highest BCUT2D eigenvalue weighted by Gasteiger charge is 2.42. The fraction of sp³-hybridized carbons (Fsp3) is 0.556. The van der Waals surface area contributed by atoms with Gasteiger partial charge in [0.25, 0.3) is 11.8 Å². The van der Waals surface area contributed by atoms with Crippen LogP contribution in [0.1, 0.15) is 19.3 Å². The third kappa shape index (κ3) is 5.43. The molecule has 0 spiro atoms. The normalized spacial score (nSPS) is 22.2. The molecule has 2 atom stereocenters. The summed E-state index contributed by atoms with van der Waals surface area (Å²) in [6.07, 6.45) is 2.36. The van der Waals surface area contributed by atoms with Crippen molar-refractivity contribution in [1.82, 2.24) is 4.90 Å². The molecule has 9 heteroatoms. The summed E-state index contributed by atoms with van der Waals surface area (Å²) in [5.74, 6) is -0.101. The molecule has 1 aromatic rings. The number of carbonyl (C=O) groups excluding carboxylic acids is 2. The average molecular weight is 415 g/mol. The number of para-hydroxylation sites is 1. The standard InChI is InChI=1S/C18H24ClN3O4S/c1-21(10-17(23)20-16-5-3-2-4-15(16)19)11-18(24)22(13-6-7-13)14-8-9-27(25,26)12-14/h2-5,13-14H,6-12H2,1H3,(H,20,23)/p+1/t14-/m0/s1. The SMILES string of the molecule is C[NH+](CC(=O)Nc1ccccc1Cl)CC(=O)N(C1CC1)[C@H]1CCS(=O)(=O)C1. The molecule has 1 aliphatic carbocycles. The van der Waals surface area contributed by atoms with Crippen molar-refractivity contribution in [3.8, 4) is 0 Å². The quantitative estimate of drug-likeness (QED) is 0.656. The molecule has 1 heterocycles. The number of hydrogen-bond acceptors (Lipinski definition) is 4. The predicted molar refractivity (Wildman–Crippen MR) is 104 cm³/mol. The Morgan fingerprint density at radius 1 is 1.19 bits per heavy atom. The molecule has 148 valence electrons. The zero-order valence-corrected chi connectivity index (χ0v) is 16.9. The molecule has 2 fully saturated rings. The summed E-state index contributed by atoms with van der Waals surface area (Å²) in [7, 11) is -1.26. The minimum Gasteiger partial charge on any atom is -0.331 e. The summed E-state index contributed by atoms with van der Waals surface area (Å²) in [5.41, 5.74) is 0.541. The second-order valence-electron chi connectivity index (χ2n) is 7.43. The maximum Gasteiger partial charge on any atom is 0.279 e. The molecule has 2 amide bonds. The van der Waals surface area contributed by atoms with Crippen LogP contribution in [0, 0.1) is 0 Å². The van der Waals surface area contributed by atoms with E-state index in [1.165, 1.54) is 0 Å². The molecule has 1 aliphatic heterocycles. The van der Waals surface area contributed by atoms with E-state index < -0.39 is 9.84 Å². The minimum absolute atomic E-state index is 0.0568. The van der Waals surface area contributed by atoms with Gasteiger partial charge in [-0.2, -0.15) is 0 Å². The molecule has 7 nitrogen and oxygen atoms in total. The number of anilines is 1. The number of nitrogens with one attached hydrogen (secondary N) is 2. The van der Waals surface area contributed by atoms with Gasteiger partial charge in [-0.25, -0.2) is 8.42 Å². The van der Waals surface area contributed by atoms with Crippen LogP contribution in [0.25, 0.3) is 0 Å². The summed E-state index contributed by atoms with van der Waals surface area (Å²) >= 11 is 6.04. The van der Waals surface area contributed by atoms with Gasteiger partial charge in [-0.3, -0.25) is 9.59 Å². The molecule has 1 saturated heterocycles. The van der Waals surface area contributed by atoms with Crippen molar-refractivity contribution in [2.75, 3.05) is 37.0 Å². The summed E-state index contributed by atoms with van der Waals surface area (Å²) in [6.45, 7) is 0.279. The molecule has 1 unspecified atom stereocenters. The van der Waals surface area contributed by atoms with Crippen molar-refractivity contribution in [2.45, 2.75) is 31.3 Å². The number of carbonyl (C=O) groups is 2. The Morgan fingerprint density at radius 3 is 2.48 bits per heavy atom. The lowest BCUT2D eigenvalue weighted by Gasteiger charge is -2.29. The molecule has 2 N–H and O–H groups in total. The molecule has 0 radical (unpaired) electrons. The number of benzene rings is 1. The van der Waals surface area contributed by atoms with Gasteiger partial charge in [-0.15, -0.1) is 0 Å². The molecular weight excluding hydrogens is 390 g/mol. The van der Waals surface area contributed by atoms with Gasteiger partial charge >= 0.3 is 0 Å². The first-order valence-electron chi connectivity index (χ1n) is 9.12. The van der Waals surface area contributed by atoms with Crippen LogP contribution >= 0.6 is 11.6 Å². The molecule has 0 aromatic heterocycles. The van der Waals surface area contributed by atoms with Crippen molar-refractivity contribution >= 4 is 38.9 Å². The predicted octanol–water partition coefficient (Wildman–Crippen LogP) is -0.0287. The summed E-state index contributed by atoms with van der Waals surface area (Å²) < 4.78 is 23.5. The molecule has 0 bridgehead atoms. The number of hydrogen-bond donors (Lipinski definition) is 2. The molecule has 1 aromatic carbocycles. The maximum absolute atomic E-state index is 12.8. The number of quaternary nitrogens is 1. The molecule has 3 rings (SSSR count). The molecule has 1 saturated carbocycles. The Bertz CT molecular complexity index is 826. The van der Waals surface area contributed by atoms with Gasteiger partial charge in [0.15, 0.2) is 22.9 Å². The fourth-order valence-corrected chi connectivity index (χ4v) is 5.39. The fourth-order valence-electron chi connectivity index (χ4n) is 3.50. The van der Waals surface area contributed by atoms with Gasteiger partial charge in [-0.1, -0.05) is 23.7 Å². The van der Waals surface area contributed by atoms with Crippen molar-refractivity contribution in [3.63, 3.8) is 0 Å². The van der Waals surface area contributed by atoms with Gasteiger partial charge in [0.05, 0.1) is 29.3 Å². The van der Waals surface area contributed by atoms with E-state index in [9.17, 15) is 18.0 Å². The van der Waals surface area contributed by atoms with Crippen LogP contribution in [-0.4, -0.2) is 68.9 Å². The third-order valence-electron chi connectivity index (χ3n) is 4.89. The summed E-state index contributed by atoms with van der Waals surface area (Å²) in [4.78, 5) is 27.5. The van der Waals surface area contributed by atoms with Gasteiger partial charge in [0.2, 0.25) is 0 Å². The Labute approximate surface area is 164 Å². The van der Waals surface area contributed by atoms with E-state index in [0.29, 0.717) is 17.1 Å². The van der Waals surface area contributed by atoms with Crippen LogP contribution in [0.5, 0.6) is 0 Å². The van der Waals surface area contributed by atoms with Gasteiger partial charge < -0.3 is 15.1 Å². The topological polar surface area (TPSA) is 88.0 Å². The van der Waals surface area contributed by atoms with Crippen LogP contribution in [0.2, 0.25) is 5.02 Å². The number of amides is 2. The Morgan fingerprint density at radius 2 is 1.89 bits per heavy atom. The van der Waals surface area contributed by atoms with Crippen molar-refractivity contribution < 1.29 is 22.9 Å². The first-order chi connectivity index (χ1) is 12.7. The molecular formula is C18H25ClN3O4S+. The van der Waals surface area contributed by atoms with Crippen molar-refractivity contribution in [2.24, 2.45) is 0 Å². The zero-order valence-electron chi connectivity index (χ0n) is 15.3. The van der Waals surface area contributed by atoms with Crippen LogP contribution in [0.3, 0.4) is 0 Å². The second-order valence-corrected chi connectivity index (χ2v) is 10.1. The number of likely N-dealkylation sites (N-methyl/N-ethyl adjacent to an activating group) is 1. The molecule has 2 aliphatic rings. The monoisotopic (exact) mass is 414 g/mol. The summed E-state index contributed by atoms with van der Waals surface area (Å²) in [6, 6.07) is 6.91. The Hall–Kier alpha value is -1.64. The van der Waals surface area contributed by atoms with E-state index in [-0.39, 0.29) is 48.5 Å². The average Bonchev–Trinajstić information content (AvgIpc) is 3.33. The van der Waals surface area contributed by atoms with Crippen LogP contribution < -0.4 is 10.2 Å². The number of sulfone groups is 1. The lowest BCUT2D eigenvalue weighted by atomic mass is 10.2. The number of rotatable bonds is 7. The lowest BCUT2D eigenvalue weighted by Crippen LogP contribution is -3.11. The van der Waals surface area contributed by atoms with Crippen LogP contribution in [0.4, 0.5) is 5.69 Å². The summed E-state index contributed by atoms with van der Waals surface area (Å²) in [5, 5.41) is 3.21. The number of nitrogens with zero attached hydrogens (tertiary/aromatic N) is 1. The Kier molecular flexibility index (Phi) is 6.08. The van der Waals surface area contributed by atoms with Gasteiger partial charge in [0.1, 0.15) is 0 Å². The van der Waals surface area contributed by atoms with E-state index in [4.69, 9.17) is 11.6 Å². The minimum atomic E-state index is -3.04. The van der Waals surface area contributed by atoms with Crippen LogP contribution in [-0.2, 0) is 19.4 Å². The largest absolute Gasteiger partial charge is 0.331 e. The van der Waals surface area contributed by atoms with E-state index in [2.05, 4.69) is 5.32 Å². The first kappa shape index (κ1) is 20.1. The Balaban J connectivity index is 1.54. The van der Waals surface area contributed by atoms with Crippen molar-refractivity contribution in [3.05, 3.63) is 29.3 Å². The van der Waals surface area contributed by atoms with E-state index >= 15 is 0 Å². The highest BCUT2D eigenvalue weighted by molar-refractivity contribution is 7.91. The van der Waals surface area contributed by atoms with Gasteiger partial charge in [0, 0.05) is 12.1 Å². The van der Waals surface area contributed by atoms with Crippen molar-refractivity contribution in [1.29, 1.82) is 0 Å².